The zero-order valence-corrected chi connectivity index (χ0v) is 17.0. The van der Waals surface area contributed by atoms with E-state index in [1.807, 2.05) is 42.5 Å². The van der Waals surface area contributed by atoms with Crippen molar-refractivity contribution in [3.8, 4) is 11.1 Å². The van der Waals surface area contributed by atoms with Crippen LogP contribution in [0.3, 0.4) is 0 Å². The first-order valence-electron chi connectivity index (χ1n) is 9.65. The first-order chi connectivity index (χ1) is 14.5. The number of hydrogen-bond donors (Lipinski definition) is 3. The largest absolute Gasteiger partial charge is 0.394 e. The van der Waals surface area contributed by atoms with Gasteiger partial charge in [0.2, 0.25) is 0 Å². The Kier molecular flexibility index (Phi) is 6.19. The number of nitrogens with two attached hydrogens (primary N) is 1. The lowest BCUT2D eigenvalue weighted by Crippen LogP contribution is -2.28. The molecule has 156 valence electrons. The van der Waals surface area contributed by atoms with Crippen molar-refractivity contribution in [1.82, 2.24) is 9.55 Å². The Labute approximate surface area is 178 Å². The van der Waals surface area contributed by atoms with Gasteiger partial charge in [0.25, 0.3) is 0 Å². The predicted molar refractivity (Wildman–Crippen MR) is 116 cm³/mol. The zero-order valence-electron chi connectivity index (χ0n) is 16.2. The second-order valence-electron chi connectivity index (χ2n) is 7.14. The standard InChI is InChI=1S/C22H23N3O4S/c23-21-17(11-25(22(28)24-21)20-10-18(27)19(12-26)29-20)15-6-8-16(9-7-15)30-13-14-4-2-1-3-5-14/h1-9,11,18-20,26-27H,10,12-13H2,(H2,23,24,28)/t18-,19+,20+/m0/s1. The van der Waals surface area contributed by atoms with Crippen LogP contribution in [-0.4, -0.2) is 38.6 Å². The summed E-state index contributed by atoms with van der Waals surface area (Å²) in [6.45, 7) is -0.316. The summed E-state index contributed by atoms with van der Waals surface area (Å²) in [4.78, 5) is 17.4. The van der Waals surface area contributed by atoms with Gasteiger partial charge in [-0.2, -0.15) is 4.98 Å². The predicted octanol–water partition coefficient (Wildman–Crippen LogP) is 2.43. The van der Waals surface area contributed by atoms with Gasteiger partial charge in [0.05, 0.1) is 12.7 Å². The molecular weight excluding hydrogens is 402 g/mol. The fourth-order valence-electron chi connectivity index (χ4n) is 3.43. The minimum Gasteiger partial charge on any atom is -0.394 e. The molecule has 0 unspecified atom stereocenters. The monoisotopic (exact) mass is 425 g/mol. The molecule has 1 saturated heterocycles. The van der Waals surface area contributed by atoms with Gasteiger partial charge < -0.3 is 20.7 Å². The molecule has 0 radical (unpaired) electrons. The highest BCUT2D eigenvalue weighted by atomic mass is 32.2. The van der Waals surface area contributed by atoms with E-state index in [2.05, 4.69) is 17.1 Å². The Hall–Kier alpha value is -2.65. The van der Waals surface area contributed by atoms with Crippen molar-refractivity contribution < 1.29 is 14.9 Å². The zero-order chi connectivity index (χ0) is 21.1. The number of aromatic nitrogens is 2. The Morgan fingerprint density at radius 1 is 1.17 bits per heavy atom. The van der Waals surface area contributed by atoms with Gasteiger partial charge >= 0.3 is 5.69 Å². The van der Waals surface area contributed by atoms with Gasteiger partial charge in [-0.05, 0) is 23.3 Å². The third kappa shape index (κ3) is 4.41. The average Bonchev–Trinajstić information content (AvgIpc) is 3.14. The third-order valence-electron chi connectivity index (χ3n) is 5.09. The van der Waals surface area contributed by atoms with Crippen LogP contribution in [0.5, 0.6) is 0 Å². The molecule has 2 heterocycles. The van der Waals surface area contributed by atoms with E-state index in [0.29, 0.717) is 5.56 Å². The van der Waals surface area contributed by atoms with Crippen molar-refractivity contribution in [3.05, 3.63) is 76.8 Å². The summed E-state index contributed by atoms with van der Waals surface area (Å²) in [6, 6.07) is 18.2. The molecular formula is C22H23N3O4S. The van der Waals surface area contributed by atoms with Crippen molar-refractivity contribution in [3.63, 3.8) is 0 Å². The molecule has 0 amide bonds. The van der Waals surface area contributed by atoms with E-state index in [-0.39, 0.29) is 18.8 Å². The van der Waals surface area contributed by atoms with E-state index >= 15 is 0 Å². The van der Waals surface area contributed by atoms with E-state index in [1.165, 1.54) is 10.1 Å². The van der Waals surface area contributed by atoms with Gasteiger partial charge in [-0.1, -0.05) is 42.5 Å². The topological polar surface area (TPSA) is 111 Å². The van der Waals surface area contributed by atoms with Crippen LogP contribution in [0.2, 0.25) is 0 Å². The summed E-state index contributed by atoms with van der Waals surface area (Å²) in [5.41, 5.74) is 8.16. The number of nitrogen functional groups attached to an aromatic ring is 1. The minimum atomic E-state index is -0.839. The lowest BCUT2D eigenvalue weighted by molar-refractivity contribution is -0.0458. The fraction of sp³-hybridized carbons (Fsp3) is 0.273. The Morgan fingerprint density at radius 2 is 1.90 bits per heavy atom. The number of ether oxygens (including phenoxy) is 1. The van der Waals surface area contributed by atoms with Crippen LogP contribution < -0.4 is 11.4 Å². The molecule has 1 aromatic heterocycles. The van der Waals surface area contributed by atoms with Gasteiger partial charge in [0.1, 0.15) is 18.1 Å². The molecule has 30 heavy (non-hydrogen) atoms. The number of hydrogen-bond acceptors (Lipinski definition) is 7. The highest BCUT2D eigenvalue weighted by Gasteiger charge is 2.35. The molecule has 1 fully saturated rings. The summed E-state index contributed by atoms with van der Waals surface area (Å²) in [7, 11) is 0. The number of benzene rings is 2. The van der Waals surface area contributed by atoms with Crippen molar-refractivity contribution in [2.75, 3.05) is 12.3 Å². The van der Waals surface area contributed by atoms with Crippen LogP contribution in [0.4, 0.5) is 5.82 Å². The van der Waals surface area contributed by atoms with Crippen molar-refractivity contribution in [2.24, 2.45) is 0 Å². The summed E-state index contributed by atoms with van der Waals surface area (Å²) in [6.07, 6.45) is -0.450. The van der Waals surface area contributed by atoms with Crippen LogP contribution in [-0.2, 0) is 10.5 Å². The summed E-state index contributed by atoms with van der Waals surface area (Å²) in [5.74, 6) is 1.01. The number of anilines is 1. The van der Waals surface area contributed by atoms with Crippen LogP contribution in [0.25, 0.3) is 11.1 Å². The third-order valence-corrected chi connectivity index (χ3v) is 6.17. The van der Waals surface area contributed by atoms with Crippen LogP contribution in [0.15, 0.2) is 70.5 Å². The molecule has 1 aliphatic heterocycles. The summed E-state index contributed by atoms with van der Waals surface area (Å²) < 4.78 is 6.91. The molecule has 4 N–H and O–H groups in total. The van der Waals surface area contributed by atoms with E-state index < -0.39 is 24.1 Å². The molecule has 3 atom stereocenters. The summed E-state index contributed by atoms with van der Waals surface area (Å²) in [5, 5.41) is 19.2. The molecule has 0 aliphatic carbocycles. The maximum atomic E-state index is 12.3. The molecule has 0 spiro atoms. The lowest BCUT2D eigenvalue weighted by atomic mass is 10.1. The molecule has 7 nitrogen and oxygen atoms in total. The number of rotatable bonds is 6. The van der Waals surface area contributed by atoms with Gasteiger partial charge in [-0.15, -0.1) is 11.8 Å². The van der Waals surface area contributed by atoms with E-state index in [9.17, 15) is 15.0 Å². The molecule has 2 aromatic carbocycles. The van der Waals surface area contributed by atoms with Crippen LogP contribution in [0, 0.1) is 0 Å². The van der Waals surface area contributed by atoms with Gasteiger partial charge in [-0.3, -0.25) is 4.57 Å². The van der Waals surface area contributed by atoms with E-state index in [4.69, 9.17) is 10.5 Å². The highest BCUT2D eigenvalue weighted by molar-refractivity contribution is 7.98. The normalized spacial score (nSPS) is 21.1. The molecule has 1 aliphatic rings. The number of thioether (sulfide) groups is 1. The molecule has 4 rings (SSSR count). The molecule has 0 bridgehead atoms. The molecule has 8 heteroatoms. The smallest absolute Gasteiger partial charge is 0.351 e. The Bertz CT molecular complexity index is 1060. The lowest BCUT2D eigenvalue weighted by Gasteiger charge is -2.16. The number of nitrogens with zero attached hydrogens (tertiary/aromatic N) is 2. The van der Waals surface area contributed by atoms with Gasteiger partial charge in [0.15, 0.2) is 0 Å². The maximum absolute atomic E-state index is 12.3. The second kappa shape index (κ2) is 9.01. The van der Waals surface area contributed by atoms with Crippen molar-refractivity contribution in [1.29, 1.82) is 0 Å². The summed E-state index contributed by atoms with van der Waals surface area (Å²) >= 11 is 1.74. The van der Waals surface area contributed by atoms with Crippen molar-refractivity contribution in [2.45, 2.75) is 35.5 Å². The van der Waals surface area contributed by atoms with Crippen LogP contribution >= 0.6 is 11.8 Å². The van der Waals surface area contributed by atoms with E-state index in [1.54, 1.807) is 18.0 Å². The van der Waals surface area contributed by atoms with E-state index in [0.717, 1.165) is 16.2 Å². The first-order valence-corrected chi connectivity index (χ1v) is 10.6. The quantitative estimate of drug-likeness (QED) is 0.520. The molecule has 0 saturated carbocycles. The maximum Gasteiger partial charge on any atom is 0.351 e. The highest BCUT2D eigenvalue weighted by Crippen LogP contribution is 2.31. The Balaban J connectivity index is 1.54. The van der Waals surface area contributed by atoms with Gasteiger partial charge in [0, 0.05) is 28.8 Å². The van der Waals surface area contributed by atoms with Gasteiger partial charge in [-0.25, -0.2) is 4.79 Å². The second-order valence-corrected chi connectivity index (χ2v) is 8.19. The minimum absolute atomic E-state index is 0.137. The number of aliphatic hydroxyl groups excluding tert-OH is 2. The van der Waals surface area contributed by atoms with Crippen LogP contribution in [0.1, 0.15) is 18.2 Å². The fourth-order valence-corrected chi connectivity index (χ4v) is 4.29. The van der Waals surface area contributed by atoms with Crippen molar-refractivity contribution >= 4 is 17.6 Å². The SMILES string of the molecule is Nc1nc(=O)n([C@H]2C[C@H](O)[C@@H](CO)O2)cc1-c1ccc(SCc2ccccc2)cc1. The Morgan fingerprint density at radius 3 is 2.57 bits per heavy atom. The first kappa shape index (κ1) is 20.6. The molecule has 3 aromatic rings. The number of aliphatic hydroxyl groups is 2. The average molecular weight is 426 g/mol.